The van der Waals surface area contributed by atoms with E-state index in [-0.39, 0.29) is 0 Å². The Kier molecular flexibility index (Phi) is 2.89. The lowest BCUT2D eigenvalue weighted by molar-refractivity contribution is 0.251. The van der Waals surface area contributed by atoms with Gasteiger partial charge in [-0.2, -0.15) is 0 Å². The van der Waals surface area contributed by atoms with Crippen LogP contribution in [-0.2, 0) is 0 Å². The number of amidine groups is 1. The van der Waals surface area contributed by atoms with Gasteiger partial charge in [0.15, 0.2) is 5.84 Å². The summed E-state index contributed by atoms with van der Waals surface area (Å²) < 4.78 is 0. The van der Waals surface area contributed by atoms with Crippen molar-refractivity contribution in [3.8, 4) is 0 Å². The minimum absolute atomic E-state index is 0.403. The van der Waals surface area contributed by atoms with Gasteiger partial charge in [0.25, 0.3) is 0 Å². The molecule has 0 saturated heterocycles. The van der Waals surface area contributed by atoms with Gasteiger partial charge in [-0.05, 0) is 5.92 Å². The van der Waals surface area contributed by atoms with Crippen molar-refractivity contribution in [3.05, 3.63) is 12.3 Å². The van der Waals surface area contributed by atoms with Crippen molar-refractivity contribution in [2.45, 2.75) is 13.8 Å². The lowest BCUT2D eigenvalue weighted by Crippen LogP contribution is -2.32. The van der Waals surface area contributed by atoms with E-state index in [2.05, 4.69) is 27.1 Å². The van der Waals surface area contributed by atoms with Crippen molar-refractivity contribution in [2.75, 3.05) is 6.54 Å². The van der Waals surface area contributed by atoms with Crippen LogP contribution in [0.25, 0.3) is 0 Å². The summed E-state index contributed by atoms with van der Waals surface area (Å²) in [6, 6.07) is -0.491. The minimum atomic E-state index is -0.491. The molecule has 1 rings (SSSR count). The lowest BCUT2D eigenvalue weighted by Gasteiger charge is -2.09. The molecule has 0 aromatic heterocycles. The van der Waals surface area contributed by atoms with Crippen molar-refractivity contribution in [1.82, 2.24) is 5.32 Å². The van der Waals surface area contributed by atoms with E-state index >= 15 is 0 Å². The molecule has 0 aromatic carbocycles. The highest BCUT2D eigenvalue weighted by atomic mass is 16.2. The normalized spacial score (nSPS) is 19.8. The second-order valence-electron chi connectivity index (χ2n) is 3.16. The first-order valence-corrected chi connectivity index (χ1v) is 4.06. The van der Waals surface area contributed by atoms with Crippen molar-refractivity contribution < 1.29 is 4.79 Å². The first-order chi connectivity index (χ1) is 6.09. The maximum absolute atomic E-state index is 10.8. The molecule has 1 aliphatic rings. The van der Waals surface area contributed by atoms with Gasteiger partial charge in [-0.15, -0.1) is 5.11 Å². The van der Waals surface area contributed by atoms with E-state index < -0.39 is 6.03 Å². The number of hydrogen-bond acceptors (Lipinski definition) is 3. The van der Waals surface area contributed by atoms with E-state index in [0.29, 0.717) is 24.0 Å². The van der Waals surface area contributed by atoms with Crippen LogP contribution in [0.5, 0.6) is 0 Å². The summed E-state index contributed by atoms with van der Waals surface area (Å²) >= 11 is 0. The number of nitrogens with zero attached hydrogens (tertiary/aromatic N) is 3. The quantitative estimate of drug-likeness (QED) is 0.690. The Morgan fingerprint density at radius 3 is 2.85 bits per heavy atom. The summed E-state index contributed by atoms with van der Waals surface area (Å²) in [5.41, 5.74) is 0.403. The minimum Gasteiger partial charge on any atom is -0.288 e. The van der Waals surface area contributed by atoms with Crippen LogP contribution in [0, 0.1) is 5.92 Å². The third-order valence-corrected chi connectivity index (χ3v) is 1.37. The molecule has 70 valence electrons. The van der Waals surface area contributed by atoms with Gasteiger partial charge >= 0.3 is 6.03 Å². The van der Waals surface area contributed by atoms with Crippen LogP contribution >= 0.6 is 0 Å². The van der Waals surface area contributed by atoms with Gasteiger partial charge in [0.1, 0.15) is 5.70 Å². The van der Waals surface area contributed by atoms with Crippen molar-refractivity contribution in [1.29, 1.82) is 0 Å². The molecule has 5 heteroatoms. The molecule has 1 aliphatic heterocycles. The van der Waals surface area contributed by atoms with E-state index in [0.717, 1.165) is 0 Å². The maximum atomic E-state index is 10.8. The highest BCUT2D eigenvalue weighted by molar-refractivity contribution is 6.08. The van der Waals surface area contributed by atoms with Crippen LogP contribution in [-0.4, -0.2) is 18.4 Å². The molecule has 0 unspecified atom stereocenters. The average molecular weight is 180 g/mol. The molecule has 0 atom stereocenters. The smallest absolute Gasteiger partial charge is 0.288 e. The third-order valence-electron chi connectivity index (χ3n) is 1.37. The van der Waals surface area contributed by atoms with Crippen LogP contribution in [0.2, 0.25) is 0 Å². The van der Waals surface area contributed by atoms with Crippen LogP contribution in [0.1, 0.15) is 13.8 Å². The van der Waals surface area contributed by atoms with Crippen molar-refractivity contribution >= 4 is 11.9 Å². The second-order valence-corrected chi connectivity index (χ2v) is 3.16. The van der Waals surface area contributed by atoms with Crippen LogP contribution < -0.4 is 5.32 Å². The topological polar surface area (TPSA) is 66.2 Å². The number of carbonyl (C=O) groups excluding carboxylic acids is 1. The van der Waals surface area contributed by atoms with Crippen LogP contribution in [0.3, 0.4) is 0 Å². The van der Waals surface area contributed by atoms with Crippen LogP contribution in [0.15, 0.2) is 27.5 Å². The largest absolute Gasteiger partial charge is 0.365 e. The molecular formula is C8H12N4O. The van der Waals surface area contributed by atoms with Gasteiger partial charge in [0, 0.05) is 6.54 Å². The Morgan fingerprint density at radius 2 is 2.23 bits per heavy atom. The number of hydrogen-bond donors (Lipinski definition) is 1. The SMILES string of the molecule is C=C1N=NC(=O)NC1=NCC(C)C. The number of amides is 2. The van der Waals surface area contributed by atoms with Gasteiger partial charge in [0.05, 0.1) is 0 Å². The van der Waals surface area contributed by atoms with Gasteiger partial charge in [0.2, 0.25) is 0 Å². The molecule has 0 radical (unpaired) electrons. The second kappa shape index (κ2) is 3.93. The predicted octanol–water partition coefficient (Wildman–Crippen LogP) is 1.73. The van der Waals surface area contributed by atoms with Gasteiger partial charge in [-0.25, -0.2) is 4.79 Å². The number of urea groups is 1. The molecule has 1 N–H and O–H groups in total. The Morgan fingerprint density at radius 1 is 1.54 bits per heavy atom. The molecule has 5 nitrogen and oxygen atoms in total. The number of nitrogens with one attached hydrogen (secondary N) is 1. The van der Waals surface area contributed by atoms with E-state index in [1.54, 1.807) is 0 Å². The van der Waals surface area contributed by atoms with Crippen molar-refractivity contribution in [3.63, 3.8) is 0 Å². The van der Waals surface area contributed by atoms with Gasteiger partial charge < -0.3 is 0 Å². The molecule has 0 saturated carbocycles. The number of aliphatic imine (C=N–C) groups is 1. The van der Waals surface area contributed by atoms with Gasteiger partial charge in [-0.1, -0.05) is 25.5 Å². The fourth-order valence-electron chi connectivity index (χ4n) is 0.756. The van der Waals surface area contributed by atoms with E-state index in [4.69, 9.17) is 0 Å². The standard InChI is InChI=1S/C8H12N4O/c1-5(2)4-9-7-6(3)11-12-8(13)10-7/h5H,3-4H2,1-2H3,(H,9,10,13). The molecule has 0 aromatic rings. The lowest BCUT2D eigenvalue weighted by atomic mass is 10.2. The molecule has 2 amide bonds. The average Bonchev–Trinajstić information content (AvgIpc) is 2.06. The van der Waals surface area contributed by atoms with E-state index in [1.807, 2.05) is 13.8 Å². The predicted molar refractivity (Wildman–Crippen MR) is 49.7 cm³/mol. The summed E-state index contributed by atoms with van der Waals surface area (Å²) in [4.78, 5) is 14.9. The molecule has 0 fully saturated rings. The maximum Gasteiger partial charge on any atom is 0.365 e. The van der Waals surface area contributed by atoms with Crippen LogP contribution in [0.4, 0.5) is 4.79 Å². The number of azo groups is 1. The molecule has 0 spiro atoms. The zero-order chi connectivity index (χ0) is 9.84. The molecule has 0 aliphatic carbocycles. The van der Waals surface area contributed by atoms with E-state index in [9.17, 15) is 4.79 Å². The molecule has 0 bridgehead atoms. The highest BCUT2D eigenvalue weighted by Crippen LogP contribution is 2.04. The number of rotatable bonds is 2. The molecule has 13 heavy (non-hydrogen) atoms. The number of carbonyl (C=O) groups is 1. The van der Waals surface area contributed by atoms with E-state index in [1.165, 1.54) is 0 Å². The first-order valence-electron chi connectivity index (χ1n) is 4.06. The Labute approximate surface area is 76.7 Å². The fourth-order valence-corrected chi connectivity index (χ4v) is 0.756. The zero-order valence-electron chi connectivity index (χ0n) is 7.74. The Bertz CT molecular complexity index is 291. The fraction of sp³-hybridized carbons (Fsp3) is 0.500. The third kappa shape index (κ3) is 2.77. The monoisotopic (exact) mass is 180 g/mol. The molecular weight excluding hydrogens is 168 g/mol. The molecule has 1 heterocycles. The highest BCUT2D eigenvalue weighted by Gasteiger charge is 2.13. The summed E-state index contributed by atoms with van der Waals surface area (Å²) in [5.74, 6) is 0.866. The zero-order valence-corrected chi connectivity index (χ0v) is 7.74. The summed E-state index contributed by atoms with van der Waals surface area (Å²) in [5, 5.41) is 9.31. The van der Waals surface area contributed by atoms with Crippen molar-refractivity contribution in [2.24, 2.45) is 21.1 Å². The Hall–Kier alpha value is -1.52. The van der Waals surface area contributed by atoms with Gasteiger partial charge in [-0.3, -0.25) is 10.3 Å². The summed E-state index contributed by atoms with van der Waals surface area (Å²) in [7, 11) is 0. The summed E-state index contributed by atoms with van der Waals surface area (Å²) in [6.07, 6.45) is 0. The first kappa shape index (κ1) is 9.57. The Balaban J connectivity index is 2.69. The summed E-state index contributed by atoms with van der Waals surface area (Å²) in [6.45, 7) is 8.33.